The summed E-state index contributed by atoms with van der Waals surface area (Å²) in [6, 6.07) is 16.8. The van der Waals surface area contributed by atoms with Crippen LogP contribution in [0.25, 0.3) is 10.9 Å². The van der Waals surface area contributed by atoms with Crippen LogP contribution in [0.1, 0.15) is 120 Å². The summed E-state index contributed by atoms with van der Waals surface area (Å²) >= 11 is 25.2. The van der Waals surface area contributed by atoms with Crippen molar-refractivity contribution in [3.63, 3.8) is 0 Å². The summed E-state index contributed by atoms with van der Waals surface area (Å²) in [5.74, 6) is -1.57. The van der Waals surface area contributed by atoms with E-state index < -0.39 is 23.4 Å². The minimum absolute atomic E-state index is 0.0850. The van der Waals surface area contributed by atoms with Gasteiger partial charge in [0.25, 0.3) is 5.91 Å². The molecule has 63 heavy (non-hydrogen) atoms. The predicted octanol–water partition coefficient (Wildman–Crippen LogP) is 10.6. The molecule has 2 saturated carbocycles. The van der Waals surface area contributed by atoms with Crippen molar-refractivity contribution >= 4 is 104 Å². The highest BCUT2D eigenvalue weighted by molar-refractivity contribution is 6.55. The third-order valence-electron chi connectivity index (χ3n) is 12.0. The van der Waals surface area contributed by atoms with Crippen LogP contribution in [0, 0.1) is 0 Å². The second kappa shape index (κ2) is 20.9. The maximum atomic E-state index is 13.6. The summed E-state index contributed by atoms with van der Waals surface area (Å²) in [5, 5.41) is 20.6. The number of nitrogens with one attached hydrogen (secondary N) is 6. The molecule has 0 unspecified atom stereocenters. The van der Waals surface area contributed by atoms with E-state index in [1.54, 1.807) is 48.5 Å². The van der Waals surface area contributed by atoms with Gasteiger partial charge in [-0.15, -0.1) is 0 Å². The van der Waals surface area contributed by atoms with E-state index in [1.807, 2.05) is 6.07 Å². The zero-order valence-electron chi connectivity index (χ0n) is 34.8. The lowest BCUT2D eigenvalue weighted by molar-refractivity contribution is 0.0887. The first-order valence-corrected chi connectivity index (χ1v) is 23.4. The molecular weight excluding hydrogens is 882 g/mol. The third-order valence-corrected chi connectivity index (χ3v) is 13.8. The topological polar surface area (TPSA) is 175 Å². The van der Waals surface area contributed by atoms with E-state index in [2.05, 4.69) is 46.9 Å². The number of amides is 1. The number of benzene rings is 3. The van der Waals surface area contributed by atoms with Crippen LogP contribution < -0.4 is 31.9 Å². The Hall–Kier alpha value is -4.63. The summed E-state index contributed by atoms with van der Waals surface area (Å²) in [7, 11) is 0. The van der Waals surface area contributed by atoms with Crippen molar-refractivity contribution in [3.05, 3.63) is 97.1 Å². The zero-order valence-corrected chi connectivity index (χ0v) is 37.8. The standard InChI is InChI=1S/C46H50Cl4N10O3/c47-36-34-35(37(48)39(50)38(36)49)42(62)33(41(34)61)31-21-18-26-10-7-15-32(40(26)56-31)57-43(63)27-16-19-30(20-17-27)55-46-59-44(53-24-8-22-51-28-11-3-1-4-12-28)58-45(60-46)54-25-9-23-52-29-13-5-2-6-14-29/h7,10,15-21,28-29,33,51-52H,1-6,8-9,11-14,22-25H2,(H,57,63)(H3,53,54,55,58,59,60). The molecule has 0 radical (unpaired) electrons. The van der Waals surface area contributed by atoms with Crippen LogP contribution in [0.3, 0.4) is 0 Å². The molecule has 0 atom stereocenters. The number of halogens is 4. The third kappa shape index (κ3) is 10.7. The van der Waals surface area contributed by atoms with Crippen LogP contribution in [-0.2, 0) is 0 Å². The lowest BCUT2D eigenvalue weighted by atomic mass is 9.95. The van der Waals surface area contributed by atoms with E-state index in [0.29, 0.717) is 70.9 Å². The first-order valence-electron chi connectivity index (χ1n) is 21.9. The number of Topliss-reactive ketones (excluding diaryl/α,β-unsaturated/α-hetero) is 2. The molecular formula is C46H50Cl4N10O3. The summed E-state index contributed by atoms with van der Waals surface area (Å²) < 4.78 is 0. The van der Waals surface area contributed by atoms with Gasteiger partial charge in [0.15, 0.2) is 11.6 Å². The number of fused-ring (bicyclic) bond motifs is 2. The summed E-state index contributed by atoms with van der Waals surface area (Å²) in [4.78, 5) is 59.6. The number of hydrogen-bond donors (Lipinski definition) is 6. The van der Waals surface area contributed by atoms with E-state index in [0.717, 1.165) is 25.9 Å². The number of nitrogens with zero attached hydrogens (tertiary/aromatic N) is 4. The number of carbonyl (C=O) groups is 3. The van der Waals surface area contributed by atoms with Crippen LogP contribution in [-0.4, -0.2) is 75.7 Å². The minimum Gasteiger partial charge on any atom is -0.354 e. The van der Waals surface area contributed by atoms with E-state index in [-0.39, 0.29) is 36.9 Å². The molecule has 6 N–H and O–H groups in total. The number of pyridine rings is 1. The highest BCUT2D eigenvalue weighted by atomic mass is 35.5. The number of aromatic nitrogens is 4. The van der Waals surface area contributed by atoms with Gasteiger partial charge >= 0.3 is 0 Å². The number of hydrogen-bond acceptors (Lipinski definition) is 12. The molecule has 0 spiro atoms. The number of carbonyl (C=O) groups excluding carboxylic acids is 3. The number of rotatable bonds is 17. The molecule has 3 aliphatic rings. The molecule has 330 valence electrons. The van der Waals surface area contributed by atoms with Gasteiger partial charge in [-0.1, -0.05) is 103 Å². The zero-order chi connectivity index (χ0) is 43.9. The average Bonchev–Trinajstić information content (AvgIpc) is 3.57. The Morgan fingerprint density at radius 2 is 1.13 bits per heavy atom. The van der Waals surface area contributed by atoms with Crippen molar-refractivity contribution in [1.82, 2.24) is 30.6 Å². The quantitative estimate of drug-likeness (QED) is 0.0226. The van der Waals surface area contributed by atoms with Crippen LogP contribution in [0.15, 0.2) is 54.6 Å². The van der Waals surface area contributed by atoms with Gasteiger partial charge in [-0.05, 0) is 88.0 Å². The van der Waals surface area contributed by atoms with Crippen molar-refractivity contribution in [2.75, 3.05) is 47.4 Å². The highest BCUT2D eigenvalue weighted by Crippen LogP contribution is 2.48. The van der Waals surface area contributed by atoms with E-state index in [9.17, 15) is 14.4 Å². The molecule has 2 fully saturated rings. The molecule has 2 aromatic heterocycles. The Balaban J connectivity index is 0.925. The molecule has 5 aromatic rings. The van der Waals surface area contributed by atoms with E-state index >= 15 is 0 Å². The predicted molar refractivity (Wildman–Crippen MR) is 253 cm³/mol. The minimum atomic E-state index is -1.32. The van der Waals surface area contributed by atoms with Gasteiger partial charge < -0.3 is 31.9 Å². The van der Waals surface area contributed by atoms with Gasteiger partial charge in [0, 0.05) is 41.8 Å². The van der Waals surface area contributed by atoms with Gasteiger partial charge in [0.2, 0.25) is 17.8 Å². The molecule has 0 saturated heterocycles. The van der Waals surface area contributed by atoms with Crippen molar-refractivity contribution in [3.8, 4) is 0 Å². The van der Waals surface area contributed by atoms with Crippen molar-refractivity contribution in [1.29, 1.82) is 0 Å². The number of anilines is 5. The SMILES string of the molecule is O=C(Nc1cccc2ccc(C3C(=O)c4c(Cl)c(Cl)c(Cl)c(Cl)c4C3=O)nc12)c1ccc(Nc2nc(NCCCNC3CCCCC3)nc(NCCCNC3CCCCC3)n2)cc1. The van der Waals surface area contributed by atoms with Crippen molar-refractivity contribution in [2.45, 2.75) is 95.1 Å². The van der Waals surface area contributed by atoms with Gasteiger partial charge in [-0.3, -0.25) is 14.4 Å². The monoisotopic (exact) mass is 930 g/mol. The van der Waals surface area contributed by atoms with Gasteiger partial charge in [0.05, 0.1) is 48.1 Å². The number of ketones is 2. The Morgan fingerprint density at radius 1 is 0.587 bits per heavy atom. The molecule has 17 heteroatoms. The van der Waals surface area contributed by atoms with Gasteiger partial charge in [-0.2, -0.15) is 15.0 Å². The van der Waals surface area contributed by atoms with E-state index in [1.165, 1.54) is 64.2 Å². The second-order valence-corrected chi connectivity index (χ2v) is 17.9. The molecule has 13 nitrogen and oxygen atoms in total. The fraction of sp³-hybridized carbons (Fsp3) is 0.413. The maximum Gasteiger partial charge on any atom is 0.255 e. The molecule has 0 bridgehead atoms. The normalized spacial score (nSPS) is 16.1. The van der Waals surface area contributed by atoms with E-state index in [4.69, 9.17) is 51.4 Å². The average molecular weight is 933 g/mol. The second-order valence-electron chi connectivity index (χ2n) is 16.4. The van der Waals surface area contributed by atoms with Crippen molar-refractivity contribution < 1.29 is 14.4 Å². The lowest BCUT2D eigenvalue weighted by Crippen LogP contribution is -2.32. The van der Waals surface area contributed by atoms with Gasteiger partial charge in [0.1, 0.15) is 5.92 Å². The molecule has 3 aromatic carbocycles. The lowest BCUT2D eigenvalue weighted by Gasteiger charge is -2.22. The molecule has 1 amide bonds. The molecule has 2 heterocycles. The Bertz CT molecular complexity index is 2390. The molecule has 3 aliphatic carbocycles. The first kappa shape index (κ1) is 45.0. The fourth-order valence-electron chi connectivity index (χ4n) is 8.62. The maximum absolute atomic E-state index is 13.6. The van der Waals surface area contributed by atoms with Crippen LogP contribution in [0.5, 0.6) is 0 Å². The van der Waals surface area contributed by atoms with Crippen LogP contribution in [0.2, 0.25) is 20.1 Å². The van der Waals surface area contributed by atoms with Crippen LogP contribution in [0.4, 0.5) is 29.2 Å². The first-order chi connectivity index (χ1) is 30.6. The Labute approximate surface area is 386 Å². The fourth-order valence-corrected chi connectivity index (χ4v) is 9.65. The number of para-hydroxylation sites is 1. The highest BCUT2D eigenvalue weighted by Gasteiger charge is 2.45. The van der Waals surface area contributed by atoms with Crippen molar-refractivity contribution in [2.24, 2.45) is 0 Å². The Morgan fingerprint density at radius 3 is 1.68 bits per heavy atom. The van der Waals surface area contributed by atoms with Crippen LogP contribution >= 0.6 is 46.4 Å². The summed E-state index contributed by atoms with van der Waals surface area (Å²) in [5.41, 5.74) is 1.83. The summed E-state index contributed by atoms with van der Waals surface area (Å²) in [6.07, 6.45) is 14.8. The summed E-state index contributed by atoms with van der Waals surface area (Å²) in [6.45, 7) is 3.29. The largest absolute Gasteiger partial charge is 0.354 e. The molecule has 8 rings (SSSR count). The molecule has 0 aliphatic heterocycles. The smallest absolute Gasteiger partial charge is 0.255 e. The Kier molecular flexibility index (Phi) is 14.9. The van der Waals surface area contributed by atoms with Gasteiger partial charge in [-0.25, -0.2) is 4.98 Å².